The smallest absolute Gasteiger partial charge is 0.104 e. The molecule has 0 aromatic heterocycles. The van der Waals surface area contributed by atoms with Crippen LogP contribution in [0.4, 0.5) is 0 Å². The molecule has 2 nitrogen and oxygen atoms in total. The van der Waals surface area contributed by atoms with Crippen LogP contribution in [0.3, 0.4) is 0 Å². The van der Waals surface area contributed by atoms with Crippen molar-refractivity contribution in [3.63, 3.8) is 0 Å². The van der Waals surface area contributed by atoms with Crippen molar-refractivity contribution in [2.75, 3.05) is 27.2 Å². The summed E-state index contributed by atoms with van der Waals surface area (Å²) in [6.07, 6.45) is 16.7. The first kappa shape index (κ1) is 22.2. The van der Waals surface area contributed by atoms with Gasteiger partial charge in [0.15, 0.2) is 0 Å². The van der Waals surface area contributed by atoms with E-state index in [0.29, 0.717) is 0 Å². The second kappa shape index (κ2) is 14.3. The highest BCUT2D eigenvalue weighted by Gasteiger charge is 2.14. The number of unbranched alkanes of at least 4 members (excludes halogenated alkanes) is 11. The second-order valence-corrected chi connectivity index (χ2v) is 8.33. The van der Waals surface area contributed by atoms with Gasteiger partial charge in [-0.3, -0.25) is 0 Å². The fourth-order valence-electron chi connectivity index (χ4n) is 3.61. The molecule has 0 bridgehead atoms. The molecule has 2 N–H and O–H groups in total. The Morgan fingerprint density at radius 2 is 1.08 bits per heavy atom. The lowest BCUT2D eigenvalue weighted by Crippen LogP contribution is -2.39. The molecule has 0 unspecified atom stereocenters. The third kappa shape index (κ3) is 13.1. The first-order valence-corrected chi connectivity index (χ1v) is 10.7. The van der Waals surface area contributed by atoms with E-state index in [0.717, 1.165) is 17.6 Å². The van der Waals surface area contributed by atoms with Crippen molar-refractivity contribution in [2.24, 2.45) is 5.73 Å². The zero-order valence-electron chi connectivity index (χ0n) is 17.0. The summed E-state index contributed by atoms with van der Waals surface area (Å²) in [6, 6.07) is 10.9. The van der Waals surface area contributed by atoms with Gasteiger partial charge in [0.25, 0.3) is 0 Å². The molecule has 0 amide bonds. The van der Waals surface area contributed by atoms with Crippen LogP contribution in [-0.2, 0) is 6.54 Å². The van der Waals surface area contributed by atoms with E-state index in [1.54, 1.807) is 0 Å². The molecule has 144 valence electrons. The quantitative estimate of drug-likeness (QED) is 0.292. The fraction of sp³-hybridized carbons (Fsp3) is 0.739. The Hall–Kier alpha value is -0.860. The highest BCUT2D eigenvalue weighted by molar-refractivity contribution is 5.13. The molecule has 1 aromatic carbocycles. The number of hydrogen-bond acceptors (Lipinski definition) is 1. The molecule has 0 spiro atoms. The van der Waals surface area contributed by atoms with Gasteiger partial charge in [0, 0.05) is 5.56 Å². The van der Waals surface area contributed by atoms with Crippen LogP contribution in [0, 0.1) is 0 Å². The Labute approximate surface area is 157 Å². The van der Waals surface area contributed by atoms with Gasteiger partial charge in [0.1, 0.15) is 6.54 Å². The lowest BCUT2D eigenvalue weighted by Gasteiger charge is -2.30. The highest BCUT2D eigenvalue weighted by atomic mass is 15.3. The normalized spacial score (nSPS) is 11.8. The van der Waals surface area contributed by atoms with E-state index < -0.39 is 0 Å². The van der Waals surface area contributed by atoms with E-state index in [1.807, 2.05) is 0 Å². The summed E-state index contributed by atoms with van der Waals surface area (Å²) in [4.78, 5) is 0. The summed E-state index contributed by atoms with van der Waals surface area (Å²) in [7, 11) is 4.72. The van der Waals surface area contributed by atoms with E-state index in [1.165, 1.54) is 89.2 Å². The van der Waals surface area contributed by atoms with E-state index >= 15 is 0 Å². The zero-order chi connectivity index (χ0) is 18.2. The van der Waals surface area contributed by atoms with Crippen molar-refractivity contribution < 1.29 is 4.48 Å². The van der Waals surface area contributed by atoms with Crippen LogP contribution < -0.4 is 5.73 Å². The lowest BCUT2D eigenvalue weighted by molar-refractivity contribution is -0.903. The van der Waals surface area contributed by atoms with Gasteiger partial charge in [-0.25, -0.2) is 0 Å². The predicted octanol–water partition coefficient (Wildman–Crippen LogP) is 5.90. The third-order valence-electron chi connectivity index (χ3n) is 5.17. The minimum Gasteiger partial charge on any atom is -0.330 e. The van der Waals surface area contributed by atoms with E-state index in [9.17, 15) is 0 Å². The largest absolute Gasteiger partial charge is 0.330 e. The summed E-state index contributed by atoms with van der Waals surface area (Å²) in [5, 5.41) is 0. The van der Waals surface area contributed by atoms with Gasteiger partial charge in [-0.05, 0) is 25.8 Å². The van der Waals surface area contributed by atoms with E-state index in [-0.39, 0.29) is 0 Å². The van der Waals surface area contributed by atoms with E-state index in [4.69, 9.17) is 5.73 Å². The van der Waals surface area contributed by atoms with Crippen molar-refractivity contribution in [3.8, 4) is 0 Å². The summed E-state index contributed by atoms with van der Waals surface area (Å²) in [5.74, 6) is 0. The maximum absolute atomic E-state index is 5.52. The van der Waals surface area contributed by atoms with Crippen LogP contribution in [0.15, 0.2) is 30.3 Å². The van der Waals surface area contributed by atoms with Crippen molar-refractivity contribution in [3.05, 3.63) is 35.9 Å². The van der Waals surface area contributed by atoms with Gasteiger partial charge in [-0.1, -0.05) is 88.1 Å². The number of hydrogen-bond donors (Lipinski definition) is 1. The first-order valence-electron chi connectivity index (χ1n) is 10.7. The van der Waals surface area contributed by atoms with Crippen LogP contribution in [0.2, 0.25) is 0 Å². The topological polar surface area (TPSA) is 26.0 Å². The van der Waals surface area contributed by atoms with Gasteiger partial charge in [-0.15, -0.1) is 0 Å². The number of nitrogens with two attached hydrogens (primary N) is 1. The standard InChI is InChI=1S/C23H43N2/c1-25(2,22-23-18-14-13-15-19-23)21-17-12-10-8-6-4-3-5-7-9-11-16-20-24/h13-15,18-19H,3-12,16-17,20-22,24H2,1-2H3/q+1. The Balaban J connectivity index is 1.89. The fourth-order valence-corrected chi connectivity index (χ4v) is 3.61. The third-order valence-corrected chi connectivity index (χ3v) is 5.17. The monoisotopic (exact) mass is 347 g/mol. The predicted molar refractivity (Wildman–Crippen MR) is 112 cm³/mol. The summed E-state index contributed by atoms with van der Waals surface area (Å²) in [6.45, 7) is 3.30. The molecule has 0 heterocycles. The van der Waals surface area contributed by atoms with E-state index in [2.05, 4.69) is 44.4 Å². The van der Waals surface area contributed by atoms with Gasteiger partial charge >= 0.3 is 0 Å². The van der Waals surface area contributed by atoms with Crippen LogP contribution in [0.1, 0.15) is 82.6 Å². The lowest BCUT2D eigenvalue weighted by atomic mass is 10.0. The van der Waals surface area contributed by atoms with Crippen molar-refractivity contribution in [2.45, 2.75) is 83.6 Å². The molecule has 0 aliphatic heterocycles. The van der Waals surface area contributed by atoms with Crippen molar-refractivity contribution >= 4 is 0 Å². The molecule has 1 rings (SSSR count). The van der Waals surface area contributed by atoms with Crippen LogP contribution in [-0.4, -0.2) is 31.7 Å². The minimum absolute atomic E-state index is 0.863. The highest BCUT2D eigenvalue weighted by Crippen LogP contribution is 2.14. The second-order valence-electron chi connectivity index (χ2n) is 8.33. The number of quaternary nitrogens is 1. The molecular formula is C23H43N2+. The first-order chi connectivity index (χ1) is 12.1. The molecule has 0 saturated heterocycles. The van der Waals surface area contributed by atoms with Crippen molar-refractivity contribution in [1.29, 1.82) is 0 Å². The summed E-state index contributed by atoms with van der Waals surface area (Å²) >= 11 is 0. The maximum Gasteiger partial charge on any atom is 0.104 e. The minimum atomic E-state index is 0.863. The summed E-state index contributed by atoms with van der Waals surface area (Å²) in [5.41, 5.74) is 6.97. The van der Waals surface area contributed by atoms with Crippen molar-refractivity contribution in [1.82, 2.24) is 0 Å². The summed E-state index contributed by atoms with van der Waals surface area (Å²) < 4.78 is 1.11. The number of rotatable bonds is 16. The number of benzene rings is 1. The molecule has 1 aromatic rings. The van der Waals surface area contributed by atoms with Crippen LogP contribution >= 0.6 is 0 Å². The maximum atomic E-state index is 5.52. The Kier molecular flexibility index (Phi) is 12.7. The van der Waals surface area contributed by atoms with Gasteiger partial charge in [-0.2, -0.15) is 0 Å². The molecule has 0 atom stereocenters. The zero-order valence-corrected chi connectivity index (χ0v) is 17.0. The van der Waals surface area contributed by atoms with Crippen LogP contribution in [0.25, 0.3) is 0 Å². The molecule has 0 aliphatic rings. The van der Waals surface area contributed by atoms with Crippen LogP contribution in [0.5, 0.6) is 0 Å². The SMILES string of the molecule is C[N+](C)(CCCCCCCCCCCCCCN)Cc1ccccc1. The molecule has 25 heavy (non-hydrogen) atoms. The molecule has 0 saturated carbocycles. The molecule has 0 fully saturated rings. The molecule has 0 aliphatic carbocycles. The average Bonchev–Trinajstić information content (AvgIpc) is 2.59. The van der Waals surface area contributed by atoms with Gasteiger partial charge in [0.2, 0.25) is 0 Å². The Morgan fingerprint density at radius 3 is 1.56 bits per heavy atom. The Morgan fingerprint density at radius 1 is 0.640 bits per heavy atom. The average molecular weight is 348 g/mol. The molecular weight excluding hydrogens is 304 g/mol. The Bertz CT molecular complexity index is 400. The molecule has 2 heteroatoms. The van der Waals surface area contributed by atoms with Gasteiger partial charge < -0.3 is 10.2 Å². The number of nitrogens with zero attached hydrogens (tertiary/aromatic N) is 1. The molecule has 0 radical (unpaired) electrons. The van der Waals surface area contributed by atoms with Gasteiger partial charge in [0.05, 0.1) is 20.6 Å².